The fourth-order valence-electron chi connectivity index (χ4n) is 3.12. The maximum absolute atomic E-state index is 12.7. The molecule has 116 valence electrons. The standard InChI is InChI=1S/C17H21F3O/c1-10-8-12-13(9-11(10)14(21)17(18,19)20)16(4,5)7-6-15(12,2)3/h8-9H,6-7H2,1-5H3. The average molecular weight is 298 g/mol. The number of aryl methyl sites for hydroxylation is 1. The second-order valence-electron chi connectivity index (χ2n) is 7.31. The zero-order valence-electron chi connectivity index (χ0n) is 13.1. The van der Waals surface area contributed by atoms with Crippen molar-refractivity contribution < 1.29 is 18.0 Å². The summed E-state index contributed by atoms with van der Waals surface area (Å²) in [5.74, 6) is -1.75. The van der Waals surface area contributed by atoms with E-state index in [1.807, 2.05) is 13.8 Å². The number of hydrogen-bond donors (Lipinski definition) is 0. The summed E-state index contributed by atoms with van der Waals surface area (Å²) in [6.45, 7) is 9.84. The lowest BCUT2D eigenvalue weighted by atomic mass is 9.62. The Hall–Kier alpha value is -1.32. The van der Waals surface area contributed by atoms with E-state index in [2.05, 4.69) is 13.8 Å². The van der Waals surface area contributed by atoms with Crippen molar-refractivity contribution >= 4 is 5.78 Å². The fourth-order valence-corrected chi connectivity index (χ4v) is 3.12. The van der Waals surface area contributed by atoms with E-state index in [0.717, 1.165) is 24.0 Å². The van der Waals surface area contributed by atoms with Crippen LogP contribution in [0.2, 0.25) is 0 Å². The van der Waals surface area contributed by atoms with Crippen LogP contribution in [0.15, 0.2) is 12.1 Å². The maximum atomic E-state index is 12.7. The molecule has 0 N–H and O–H groups in total. The molecule has 0 atom stereocenters. The molecule has 0 spiro atoms. The number of rotatable bonds is 1. The first kappa shape index (κ1) is 16.1. The van der Waals surface area contributed by atoms with Crippen molar-refractivity contribution in [1.29, 1.82) is 0 Å². The van der Waals surface area contributed by atoms with Crippen molar-refractivity contribution in [3.8, 4) is 0 Å². The van der Waals surface area contributed by atoms with Crippen molar-refractivity contribution in [2.75, 3.05) is 0 Å². The van der Waals surface area contributed by atoms with E-state index < -0.39 is 12.0 Å². The molecule has 0 aromatic heterocycles. The molecule has 0 saturated carbocycles. The molecular weight excluding hydrogens is 277 g/mol. The minimum absolute atomic E-state index is 0.0740. The van der Waals surface area contributed by atoms with Gasteiger partial charge in [0.15, 0.2) is 0 Å². The average Bonchev–Trinajstić information content (AvgIpc) is 2.33. The number of alkyl halides is 3. The molecule has 1 nitrogen and oxygen atoms in total. The van der Waals surface area contributed by atoms with Crippen LogP contribution in [0.4, 0.5) is 13.2 Å². The predicted molar refractivity (Wildman–Crippen MR) is 76.9 cm³/mol. The third kappa shape index (κ3) is 2.72. The highest BCUT2D eigenvalue weighted by atomic mass is 19.4. The zero-order chi connectivity index (χ0) is 16.2. The minimum atomic E-state index is -4.83. The summed E-state index contributed by atoms with van der Waals surface area (Å²) in [5, 5.41) is 0. The van der Waals surface area contributed by atoms with Crippen LogP contribution in [0.5, 0.6) is 0 Å². The summed E-state index contributed by atoms with van der Waals surface area (Å²) in [4.78, 5) is 11.6. The van der Waals surface area contributed by atoms with E-state index >= 15 is 0 Å². The number of halogens is 3. The number of benzene rings is 1. The van der Waals surface area contributed by atoms with Gasteiger partial charge in [-0.2, -0.15) is 13.2 Å². The van der Waals surface area contributed by atoms with Gasteiger partial charge >= 0.3 is 6.18 Å². The molecular formula is C17H21F3O. The first-order valence-electron chi connectivity index (χ1n) is 7.13. The minimum Gasteiger partial charge on any atom is -0.284 e. The summed E-state index contributed by atoms with van der Waals surface area (Å²) in [6.07, 6.45) is -2.94. The van der Waals surface area contributed by atoms with Gasteiger partial charge in [-0.05, 0) is 53.4 Å². The Morgan fingerprint density at radius 3 is 1.86 bits per heavy atom. The molecule has 0 amide bonds. The van der Waals surface area contributed by atoms with Crippen LogP contribution in [0.1, 0.15) is 67.6 Å². The van der Waals surface area contributed by atoms with Crippen molar-refractivity contribution in [2.45, 2.75) is 64.5 Å². The van der Waals surface area contributed by atoms with Crippen LogP contribution in [-0.4, -0.2) is 12.0 Å². The Labute approximate surface area is 123 Å². The molecule has 1 aromatic carbocycles. The highest BCUT2D eigenvalue weighted by Crippen LogP contribution is 2.46. The van der Waals surface area contributed by atoms with Gasteiger partial charge in [0.25, 0.3) is 5.78 Å². The number of ketones is 1. The van der Waals surface area contributed by atoms with Gasteiger partial charge < -0.3 is 0 Å². The largest absolute Gasteiger partial charge is 0.454 e. The lowest BCUT2D eigenvalue weighted by molar-refractivity contribution is -0.0885. The van der Waals surface area contributed by atoms with Crippen LogP contribution in [0, 0.1) is 6.92 Å². The van der Waals surface area contributed by atoms with Crippen molar-refractivity contribution in [2.24, 2.45) is 0 Å². The van der Waals surface area contributed by atoms with Gasteiger partial charge in [-0.25, -0.2) is 0 Å². The van der Waals surface area contributed by atoms with Gasteiger partial charge in [0, 0.05) is 5.56 Å². The monoisotopic (exact) mass is 298 g/mol. The van der Waals surface area contributed by atoms with Crippen LogP contribution < -0.4 is 0 Å². The second kappa shape index (κ2) is 4.59. The SMILES string of the molecule is Cc1cc2c(cc1C(=O)C(F)(F)F)C(C)(C)CCC2(C)C. The van der Waals surface area contributed by atoms with Crippen LogP contribution in [0.3, 0.4) is 0 Å². The predicted octanol–water partition coefficient (Wildman–Crippen LogP) is 5.09. The Morgan fingerprint density at radius 2 is 1.43 bits per heavy atom. The molecule has 0 saturated heterocycles. The van der Waals surface area contributed by atoms with Gasteiger partial charge in [-0.15, -0.1) is 0 Å². The molecule has 0 aliphatic heterocycles. The molecule has 0 heterocycles. The van der Waals surface area contributed by atoms with E-state index in [-0.39, 0.29) is 16.4 Å². The molecule has 0 radical (unpaired) electrons. The third-order valence-corrected chi connectivity index (χ3v) is 4.70. The number of Topliss-reactive ketones (excluding diaryl/α,β-unsaturated/α-hetero) is 1. The van der Waals surface area contributed by atoms with Gasteiger partial charge in [0.05, 0.1) is 0 Å². The molecule has 2 rings (SSSR count). The van der Waals surface area contributed by atoms with E-state index in [9.17, 15) is 18.0 Å². The number of hydrogen-bond acceptors (Lipinski definition) is 1. The lowest BCUT2D eigenvalue weighted by Gasteiger charge is -2.42. The normalized spacial score (nSPS) is 20.0. The van der Waals surface area contributed by atoms with Gasteiger partial charge in [0.1, 0.15) is 0 Å². The molecule has 21 heavy (non-hydrogen) atoms. The summed E-state index contributed by atoms with van der Waals surface area (Å²) in [6, 6.07) is 3.25. The molecule has 0 bridgehead atoms. The quantitative estimate of drug-likeness (QED) is 0.660. The maximum Gasteiger partial charge on any atom is 0.454 e. The van der Waals surface area contributed by atoms with Crippen LogP contribution in [0.25, 0.3) is 0 Å². The molecule has 0 fully saturated rings. The highest BCUT2D eigenvalue weighted by molar-refractivity contribution is 6.01. The molecule has 4 heteroatoms. The van der Waals surface area contributed by atoms with Gasteiger partial charge in [-0.1, -0.05) is 33.8 Å². The van der Waals surface area contributed by atoms with Gasteiger partial charge in [-0.3, -0.25) is 4.79 Å². The topological polar surface area (TPSA) is 17.1 Å². The first-order valence-corrected chi connectivity index (χ1v) is 7.13. The van der Waals surface area contributed by atoms with E-state index in [1.165, 1.54) is 6.07 Å². The first-order chi connectivity index (χ1) is 9.36. The summed E-state index contributed by atoms with van der Waals surface area (Å²) >= 11 is 0. The Bertz CT molecular complexity index is 595. The van der Waals surface area contributed by atoms with E-state index in [4.69, 9.17) is 0 Å². The lowest BCUT2D eigenvalue weighted by Crippen LogP contribution is -2.35. The molecule has 0 unspecified atom stereocenters. The third-order valence-electron chi connectivity index (χ3n) is 4.70. The summed E-state index contributed by atoms with van der Waals surface area (Å²) in [5.41, 5.74) is 1.84. The fraction of sp³-hybridized carbons (Fsp3) is 0.588. The van der Waals surface area contributed by atoms with Crippen LogP contribution >= 0.6 is 0 Å². The number of carbonyl (C=O) groups is 1. The van der Waals surface area contributed by atoms with Crippen molar-refractivity contribution in [3.63, 3.8) is 0 Å². The smallest absolute Gasteiger partial charge is 0.284 e. The van der Waals surface area contributed by atoms with Crippen molar-refractivity contribution in [3.05, 3.63) is 34.4 Å². The Balaban J connectivity index is 2.68. The Kier molecular flexibility index (Phi) is 3.51. The molecule has 1 aliphatic carbocycles. The van der Waals surface area contributed by atoms with Gasteiger partial charge in [0.2, 0.25) is 0 Å². The zero-order valence-corrected chi connectivity index (χ0v) is 13.1. The highest BCUT2D eigenvalue weighted by Gasteiger charge is 2.43. The summed E-state index contributed by atoms with van der Waals surface area (Å²) < 4.78 is 38.2. The molecule has 1 aliphatic rings. The Morgan fingerprint density at radius 1 is 1.00 bits per heavy atom. The molecule has 1 aromatic rings. The van der Waals surface area contributed by atoms with Crippen molar-refractivity contribution in [1.82, 2.24) is 0 Å². The number of fused-ring (bicyclic) bond motifs is 1. The van der Waals surface area contributed by atoms with Crippen LogP contribution in [-0.2, 0) is 10.8 Å². The van der Waals surface area contributed by atoms with E-state index in [1.54, 1.807) is 13.0 Å². The van der Waals surface area contributed by atoms with E-state index in [0.29, 0.717) is 5.56 Å². The summed E-state index contributed by atoms with van der Waals surface area (Å²) in [7, 11) is 0. The number of carbonyl (C=O) groups excluding carboxylic acids is 1. The second-order valence-corrected chi connectivity index (χ2v) is 7.31.